The van der Waals surface area contributed by atoms with Crippen molar-refractivity contribution in [2.45, 2.75) is 43.1 Å². The third-order valence-corrected chi connectivity index (χ3v) is 8.32. The summed E-state index contributed by atoms with van der Waals surface area (Å²) in [6.07, 6.45) is 8.97. The van der Waals surface area contributed by atoms with Gasteiger partial charge in [-0.2, -0.15) is 0 Å². The summed E-state index contributed by atoms with van der Waals surface area (Å²) in [6, 6.07) is 9.70. The van der Waals surface area contributed by atoms with Gasteiger partial charge in [-0.25, -0.2) is 0 Å². The Balaban J connectivity index is 1.31. The van der Waals surface area contributed by atoms with Gasteiger partial charge in [-0.1, -0.05) is 0 Å². The van der Waals surface area contributed by atoms with Crippen LogP contribution in [0.3, 0.4) is 0 Å². The molecule has 194 valence electrons. The lowest BCUT2D eigenvalue weighted by Gasteiger charge is -2.38. The largest absolute Gasteiger partial charge is 0.497 e. The first-order valence-corrected chi connectivity index (χ1v) is 13.7. The lowest BCUT2D eigenvalue weighted by molar-refractivity contribution is -0.139. The number of rotatable bonds is 12. The maximum atomic E-state index is 11.6. The molecule has 4 rings (SSSR count). The van der Waals surface area contributed by atoms with Gasteiger partial charge in [0.25, 0.3) is 0 Å². The number of nitrogens with zero attached hydrogens (tertiary/aromatic N) is 3. The molecule has 0 bridgehead atoms. The van der Waals surface area contributed by atoms with Gasteiger partial charge in [0.1, 0.15) is 5.75 Å². The van der Waals surface area contributed by atoms with Crippen LogP contribution in [0.1, 0.15) is 43.8 Å². The second-order valence-corrected chi connectivity index (χ2v) is 11.0. The van der Waals surface area contributed by atoms with Crippen LogP contribution in [0.2, 0.25) is 0 Å². The zero-order chi connectivity index (χ0) is 25.5. The van der Waals surface area contributed by atoms with Crippen LogP contribution in [0, 0.1) is 11.8 Å². The minimum absolute atomic E-state index is 0.111. The Morgan fingerprint density at radius 2 is 2.14 bits per heavy atom. The van der Waals surface area contributed by atoms with Crippen LogP contribution in [0.15, 0.2) is 53.8 Å². The summed E-state index contributed by atoms with van der Waals surface area (Å²) < 4.78 is 7.42. The third-order valence-electron chi connectivity index (χ3n) is 7.26. The molecule has 3 aromatic rings. The first kappa shape index (κ1) is 26.5. The molecule has 1 saturated heterocycles. The number of fused-ring (bicyclic) bond motifs is 1. The number of carbonyl (C=O) groups is 1. The topological polar surface area (TPSA) is 87.8 Å². The highest BCUT2D eigenvalue weighted by Crippen LogP contribution is 2.35. The summed E-state index contributed by atoms with van der Waals surface area (Å²) in [7, 11) is 3.66. The first-order valence-electron chi connectivity index (χ1n) is 12.7. The van der Waals surface area contributed by atoms with Crippen molar-refractivity contribution >= 4 is 28.6 Å². The SMILES string of the molecule is COc1ccc2nccc(C(O)CC[C@@H]3CCN(CCCSc4ccn(C)c4)C[C@@H]3CC(=O)O)c2c1. The van der Waals surface area contributed by atoms with Gasteiger partial charge in [0.2, 0.25) is 0 Å². The number of carboxylic acid groups (broad SMARTS) is 1. The number of hydrogen-bond donors (Lipinski definition) is 2. The number of aromatic nitrogens is 2. The summed E-state index contributed by atoms with van der Waals surface area (Å²) in [5, 5.41) is 21.5. The van der Waals surface area contributed by atoms with Crippen LogP contribution < -0.4 is 4.74 Å². The van der Waals surface area contributed by atoms with Gasteiger partial charge in [0.15, 0.2) is 0 Å². The normalized spacial score (nSPS) is 19.4. The van der Waals surface area contributed by atoms with E-state index in [4.69, 9.17) is 4.74 Å². The van der Waals surface area contributed by atoms with E-state index < -0.39 is 12.1 Å². The van der Waals surface area contributed by atoms with Crippen molar-refractivity contribution in [1.29, 1.82) is 0 Å². The summed E-state index contributed by atoms with van der Waals surface area (Å²) in [5.41, 5.74) is 1.68. The summed E-state index contributed by atoms with van der Waals surface area (Å²) in [4.78, 5) is 19.7. The fraction of sp³-hybridized carbons (Fsp3) is 0.500. The average Bonchev–Trinajstić information content (AvgIpc) is 3.29. The highest BCUT2D eigenvalue weighted by molar-refractivity contribution is 7.99. The molecule has 1 aromatic carbocycles. The predicted molar refractivity (Wildman–Crippen MR) is 144 cm³/mol. The number of hydrogen-bond acceptors (Lipinski definition) is 6. The molecule has 2 aromatic heterocycles. The number of pyridine rings is 1. The molecule has 36 heavy (non-hydrogen) atoms. The van der Waals surface area contributed by atoms with Crippen molar-refractivity contribution in [3.63, 3.8) is 0 Å². The minimum atomic E-state index is -0.737. The number of aliphatic hydroxyl groups is 1. The fourth-order valence-corrected chi connectivity index (χ4v) is 6.23. The molecule has 3 atom stereocenters. The van der Waals surface area contributed by atoms with E-state index in [2.05, 4.69) is 32.9 Å². The number of ether oxygens (including phenoxy) is 1. The van der Waals surface area contributed by atoms with Gasteiger partial charge < -0.3 is 24.4 Å². The zero-order valence-corrected chi connectivity index (χ0v) is 22.0. The molecule has 1 aliphatic heterocycles. The number of piperidine rings is 1. The standard InChI is InChI=1S/C28H37N3O4S/c1-30-13-10-23(19-30)36-15-3-12-31-14-9-20(21(18-31)16-28(33)34)4-7-27(32)24-8-11-29-26-6-5-22(35-2)17-25(24)26/h5-6,8,10-11,13,17,19-21,27,32H,3-4,7,9,12,14-16,18H2,1-2H3,(H,33,34)/t20-,21+,27?/m1/s1. The number of methoxy groups -OCH3 is 1. The van der Waals surface area contributed by atoms with Gasteiger partial charge in [-0.15, -0.1) is 11.8 Å². The Morgan fingerprint density at radius 3 is 2.89 bits per heavy atom. The average molecular weight is 512 g/mol. The molecular formula is C28H37N3O4S. The van der Waals surface area contributed by atoms with E-state index in [-0.39, 0.29) is 12.3 Å². The number of aliphatic hydroxyl groups excluding tert-OH is 1. The Kier molecular flexibility index (Phi) is 9.29. The Bertz CT molecular complexity index is 1150. The van der Waals surface area contributed by atoms with Gasteiger partial charge >= 0.3 is 5.97 Å². The maximum absolute atomic E-state index is 11.6. The minimum Gasteiger partial charge on any atom is -0.497 e. The van der Waals surface area contributed by atoms with E-state index in [1.807, 2.05) is 43.1 Å². The van der Waals surface area contributed by atoms with Crippen LogP contribution in [-0.2, 0) is 11.8 Å². The summed E-state index contributed by atoms with van der Waals surface area (Å²) in [6.45, 7) is 2.80. The number of aryl methyl sites for hydroxylation is 1. The van der Waals surface area contributed by atoms with Crippen molar-refractivity contribution < 1.29 is 19.7 Å². The van der Waals surface area contributed by atoms with Crippen LogP contribution >= 0.6 is 11.8 Å². The summed E-state index contributed by atoms with van der Waals surface area (Å²) >= 11 is 1.87. The van der Waals surface area contributed by atoms with Gasteiger partial charge in [0, 0.05) is 48.9 Å². The number of aliphatic carboxylic acids is 1. The van der Waals surface area contributed by atoms with Crippen molar-refractivity contribution in [3.8, 4) is 5.75 Å². The van der Waals surface area contributed by atoms with Gasteiger partial charge in [0.05, 0.1) is 18.7 Å². The maximum Gasteiger partial charge on any atom is 0.303 e. The molecule has 1 unspecified atom stereocenters. The monoisotopic (exact) mass is 511 g/mol. The van der Waals surface area contributed by atoms with Crippen molar-refractivity contribution in [2.75, 3.05) is 32.5 Å². The Hall–Kier alpha value is -2.55. The molecule has 0 saturated carbocycles. The van der Waals surface area contributed by atoms with Crippen LogP contribution in [0.5, 0.6) is 5.75 Å². The fourth-order valence-electron chi connectivity index (χ4n) is 5.33. The van der Waals surface area contributed by atoms with Crippen LogP contribution in [0.4, 0.5) is 0 Å². The number of benzene rings is 1. The van der Waals surface area contributed by atoms with Crippen molar-refractivity contribution in [1.82, 2.24) is 14.5 Å². The second-order valence-electron chi connectivity index (χ2n) is 9.80. The Labute approximate surface area is 217 Å². The molecule has 7 nitrogen and oxygen atoms in total. The molecule has 0 spiro atoms. The molecule has 2 N–H and O–H groups in total. The van der Waals surface area contributed by atoms with E-state index in [1.54, 1.807) is 13.3 Å². The van der Waals surface area contributed by atoms with Crippen LogP contribution in [0.25, 0.3) is 10.9 Å². The molecule has 1 aliphatic rings. The van der Waals surface area contributed by atoms with Crippen molar-refractivity contribution in [3.05, 3.63) is 54.5 Å². The molecule has 0 aliphatic carbocycles. The van der Waals surface area contributed by atoms with E-state index in [0.717, 1.165) is 66.9 Å². The molecular weight excluding hydrogens is 474 g/mol. The first-order chi connectivity index (χ1) is 17.4. The number of likely N-dealkylation sites (tertiary alicyclic amines) is 1. The Morgan fingerprint density at radius 1 is 1.28 bits per heavy atom. The lowest BCUT2D eigenvalue weighted by atomic mass is 9.79. The predicted octanol–water partition coefficient (Wildman–Crippen LogP) is 4.99. The molecule has 1 fully saturated rings. The van der Waals surface area contributed by atoms with E-state index in [1.165, 1.54) is 4.90 Å². The zero-order valence-electron chi connectivity index (χ0n) is 21.2. The molecule has 3 heterocycles. The number of carboxylic acids is 1. The lowest BCUT2D eigenvalue weighted by Crippen LogP contribution is -2.42. The van der Waals surface area contributed by atoms with Crippen molar-refractivity contribution in [2.24, 2.45) is 18.9 Å². The highest BCUT2D eigenvalue weighted by atomic mass is 32.2. The molecule has 0 amide bonds. The number of thioether (sulfide) groups is 1. The van der Waals surface area contributed by atoms with Gasteiger partial charge in [-0.05, 0) is 92.3 Å². The molecule has 8 heteroatoms. The third kappa shape index (κ3) is 7.02. The second kappa shape index (κ2) is 12.6. The summed E-state index contributed by atoms with van der Waals surface area (Å²) in [5.74, 6) is 1.47. The van der Waals surface area contributed by atoms with E-state index in [0.29, 0.717) is 12.3 Å². The van der Waals surface area contributed by atoms with E-state index in [9.17, 15) is 15.0 Å². The highest BCUT2D eigenvalue weighted by Gasteiger charge is 2.31. The van der Waals surface area contributed by atoms with Crippen LogP contribution in [-0.4, -0.2) is 63.1 Å². The van der Waals surface area contributed by atoms with E-state index >= 15 is 0 Å². The van der Waals surface area contributed by atoms with Gasteiger partial charge in [-0.3, -0.25) is 9.78 Å². The smallest absolute Gasteiger partial charge is 0.303 e. The molecule has 0 radical (unpaired) electrons. The quantitative estimate of drug-likeness (QED) is 0.262.